The summed E-state index contributed by atoms with van der Waals surface area (Å²) in [4.78, 5) is 27.8. The minimum Gasteiger partial charge on any atom is -0.497 e. The standard InChI is InChI=1S/C23H27N3O3/c1-14-9-16(3)25-22(27)20(14)11-24-23(28)21-15(2)12-26(17(21)4)13-18-7-6-8-19(10-18)29-5/h6-10,12H,11,13H2,1-5H3,(H,24,28)(H,25,27). The van der Waals surface area contributed by atoms with E-state index in [1.54, 1.807) is 7.11 Å². The fourth-order valence-electron chi connectivity index (χ4n) is 3.66. The van der Waals surface area contributed by atoms with E-state index in [1.807, 2.05) is 64.2 Å². The van der Waals surface area contributed by atoms with E-state index >= 15 is 0 Å². The predicted molar refractivity (Wildman–Crippen MR) is 114 cm³/mol. The molecule has 1 amide bonds. The molecule has 1 aromatic carbocycles. The smallest absolute Gasteiger partial charge is 0.253 e. The highest BCUT2D eigenvalue weighted by atomic mass is 16.5. The van der Waals surface area contributed by atoms with Gasteiger partial charge in [-0.2, -0.15) is 0 Å². The second-order valence-electron chi connectivity index (χ2n) is 7.38. The van der Waals surface area contributed by atoms with Crippen molar-refractivity contribution in [2.75, 3.05) is 7.11 Å². The van der Waals surface area contributed by atoms with Crippen LogP contribution in [0.15, 0.2) is 41.3 Å². The lowest BCUT2D eigenvalue weighted by Crippen LogP contribution is -2.28. The number of methoxy groups -OCH3 is 1. The number of carbonyl (C=O) groups excluding carboxylic acids is 1. The zero-order valence-corrected chi connectivity index (χ0v) is 17.6. The van der Waals surface area contributed by atoms with E-state index in [0.717, 1.165) is 33.8 Å². The Bertz CT molecular complexity index is 1110. The highest BCUT2D eigenvalue weighted by Gasteiger charge is 2.18. The lowest BCUT2D eigenvalue weighted by Gasteiger charge is -2.10. The molecule has 3 aromatic rings. The van der Waals surface area contributed by atoms with Crippen LogP contribution < -0.4 is 15.6 Å². The van der Waals surface area contributed by atoms with E-state index in [-0.39, 0.29) is 18.0 Å². The maximum Gasteiger partial charge on any atom is 0.253 e. The second-order valence-corrected chi connectivity index (χ2v) is 7.38. The van der Waals surface area contributed by atoms with Crippen LogP contribution >= 0.6 is 0 Å². The Labute approximate surface area is 170 Å². The van der Waals surface area contributed by atoms with Gasteiger partial charge in [-0.25, -0.2) is 0 Å². The molecule has 29 heavy (non-hydrogen) atoms. The van der Waals surface area contributed by atoms with Crippen molar-refractivity contribution in [3.63, 3.8) is 0 Å². The number of nitrogens with one attached hydrogen (secondary N) is 2. The van der Waals surface area contributed by atoms with Gasteiger partial charge in [0.25, 0.3) is 11.5 Å². The number of hydrogen-bond donors (Lipinski definition) is 2. The van der Waals surface area contributed by atoms with Crippen molar-refractivity contribution >= 4 is 5.91 Å². The van der Waals surface area contributed by atoms with Crippen LogP contribution in [-0.4, -0.2) is 22.6 Å². The molecule has 2 heterocycles. The number of aromatic amines is 1. The number of H-pyrrole nitrogens is 1. The van der Waals surface area contributed by atoms with Gasteiger partial charge in [-0.1, -0.05) is 12.1 Å². The molecule has 0 spiro atoms. The van der Waals surface area contributed by atoms with Crippen molar-refractivity contribution < 1.29 is 9.53 Å². The number of carbonyl (C=O) groups is 1. The average molecular weight is 393 g/mol. The van der Waals surface area contributed by atoms with Crippen LogP contribution in [0.2, 0.25) is 0 Å². The van der Waals surface area contributed by atoms with E-state index < -0.39 is 0 Å². The summed E-state index contributed by atoms with van der Waals surface area (Å²) in [7, 11) is 1.65. The molecule has 0 aliphatic rings. The van der Waals surface area contributed by atoms with Crippen LogP contribution in [-0.2, 0) is 13.1 Å². The quantitative estimate of drug-likeness (QED) is 0.674. The minimum atomic E-state index is -0.177. The van der Waals surface area contributed by atoms with Crippen molar-refractivity contribution in [1.29, 1.82) is 0 Å². The molecular formula is C23H27N3O3. The largest absolute Gasteiger partial charge is 0.497 e. The predicted octanol–water partition coefficient (Wildman–Crippen LogP) is 3.40. The van der Waals surface area contributed by atoms with Crippen LogP contribution in [0.4, 0.5) is 0 Å². The molecule has 0 saturated heterocycles. The number of aromatic nitrogens is 2. The van der Waals surface area contributed by atoms with E-state index in [2.05, 4.69) is 14.9 Å². The first kappa shape index (κ1) is 20.5. The number of aryl methyl sites for hydroxylation is 3. The van der Waals surface area contributed by atoms with Gasteiger partial charge in [0.1, 0.15) is 5.75 Å². The number of rotatable bonds is 6. The summed E-state index contributed by atoms with van der Waals surface area (Å²) < 4.78 is 7.35. The van der Waals surface area contributed by atoms with Gasteiger partial charge in [0.05, 0.1) is 12.7 Å². The summed E-state index contributed by atoms with van der Waals surface area (Å²) in [5.74, 6) is 0.629. The van der Waals surface area contributed by atoms with Crippen molar-refractivity contribution in [1.82, 2.24) is 14.9 Å². The first-order chi connectivity index (χ1) is 13.8. The molecule has 0 radical (unpaired) electrons. The van der Waals surface area contributed by atoms with Gasteiger partial charge >= 0.3 is 0 Å². The summed E-state index contributed by atoms with van der Waals surface area (Å²) in [5.41, 5.74) is 5.63. The van der Waals surface area contributed by atoms with Gasteiger partial charge in [-0.05, 0) is 62.6 Å². The summed E-state index contributed by atoms with van der Waals surface area (Å²) in [6.45, 7) is 8.42. The third-order valence-electron chi connectivity index (χ3n) is 5.17. The zero-order valence-electron chi connectivity index (χ0n) is 17.6. The first-order valence-corrected chi connectivity index (χ1v) is 9.57. The molecule has 3 rings (SSSR count). The Kier molecular flexibility index (Phi) is 5.92. The highest BCUT2D eigenvalue weighted by Crippen LogP contribution is 2.20. The lowest BCUT2D eigenvalue weighted by molar-refractivity contribution is 0.0949. The second kappa shape index (κ2) is 8.39. The number of nitrogens with zero attached hydrogens (tertiary/aromatic N) is 1. The Morgan fingerprint density at radius 1 is 1.14 bits per heavy atom. The molecule has 0 atom stereocenters. The Balaban J connectivity index is 1.79. The molecule has 0 fully saturated rings. The summed E-state index contributed by atoms with van der Waals surface area (Å²) in [5, 5.41) is 2.90. The third-order valence-corrected chi connectivity index (χ3v) is 5.17. The number of amides is 1. The average Bonchev–Trinajstić information content (AvgIpc) is 2.94. The first-order valence-electron chi connectivity index (χ1n) is 9.57. The molecule has 2 aromatic heterocycles. The van der Waals surface area contributed by atoms with Crippen LogP contribution in [0.25, 0.3) is 0 Å². The molecular weight excluding hydrogens is 366 g/mol. The summed E-state index contributed by atoms with van der Waals surface area (Å²) in [6.07, 6.45) is 1.98. The van der Waals surface area contributed by atoms with E-state index in [9.17, 15) is 9.59 Å². The van der Waals surface area contributed by atoms with E-state index in [1.165, 1.54) is 0 Å². The van der Waals surface area contributed by atoms with E-state index in [4.69, 9.17) is 4.74 Å². The van der Waals surface area contributed by atoms with Gasteiger partial charge in [0, 0.05) is 36.2 Å². The molecule has 6 heteroatoms. The molecule has 0 aliphatic carbocycles. The molecule has 0 saturated carbocycles. The number of ether oxygens (including phenoxy) is 1. The summed E-state index contributed by atoms with van der Waals surface area (Å²) >= 11 is 0. The Hall–Kier alpha value is -3.28. The number of pyridine rings is 1. The molecule has 6 nitrogen and oxygen atoms in total. The number of hydrogen-bond acceptors (Lipinski definition) is 3. The maximum absolute atomic E-state index is 12.9. The molecule has 2 N–H and O–H groups in total. The lowest BCUT2D eigenvalue weighted by atomic mass is 10.1. The molecule has 152 valence electrons. The van der Waals surface area contributed by atoms with Crippen LogP contribution in [0.1, 0.15) is 44.0 Å². The van der Waals surface area contributed by atoms with Gasteiger partial charge in [0.2, 0.25) is 0 Å². The molecule has 0 aliphatic heterocycles. The topological polar surface area (TPSA) is 76.1 Å². The Morgan fingerprint density at radius 2 is 1.90 bits per heavy atom. The van der Waals surface area contributed by atoms with Gasteiger partial charge in [0.15, 0.2) is 0 Å². The molecule has 0 unspecified atom stereocenters. The minimum absolute atomic E-state index is 0.160. The highest BCUT2D eigenvalue weighted by molar-refractivity contribution is 5.96. The van der Waals surface area contributed by atoms with E-state index in [0.29, 0.717) is 17.7 Å². The number of benzene rings is 1. The van der Waals surface area contributed by atoms with Crippen molar-refractivity contribution in [3.8, 4) is 5.75 Å². The van der Waals surface area contributed by atoms with Gasteiger partial charge < -0.3 is 19.6 Å². The monoisotopic (exact) mass is 393 g/mol. The summed E-state index contributed by atoms with van der Waals surface area (Å²) in [6, 6.07) is 9.79. The maximum atomic E-state index is 12.9. The zero-order chi connectivity index (χ0) is 21.1. The molecule has 0 bridgehead atoms. The van der Waals surface area contributed by atoms with Crippen molar-refractivity contribution in [2.24, 2.45) is 0 Å². The fourth-order valence-corrected chi connectivity index (χ4v) is 3.66. The normalized spacial score (nSPS) is 10.8. The van der Waals surface area contributed by atoms with Crippen LogP contribution in [0.3, 0.4) is 0 Å². The van der Waals surface area contributed by atoms with Crippen LogP contribution in [0.5, 0.6) is 5.75 Å². The Morgan fingerprint density at radius 3 is 2.59 bits per heavy atom. The third kappa shape index (κ3) is 4.42. The van der Waals surface area contributed by atoms with Gasteiger partial charge in [-0.3, -0.25) is 9.59 Å². The SMILES string of the molecule is COc1cccc(Cn2cc(C)c(C(=O)NCc3c(C)cc(C)[nH]c3=O)c2C)c1. The van der Waals surface area contributed by atoms with Gasteiger partial charge in [-0.15, -0.1) is 0 Å². The van der Waals surface area contributed by atoms with Crippen LogP contribution in [0, 0.1) is 27.7 Å². The van der Waals surface area contributed by atoms with Crippen molar-refractivity contribution in [2.45, 2.75) is 40.8 Å². The van der Waals surface area contributed by atoms with Crippen molar-refractivity contribution in [3.05, 3.63) is 86.1 Å². The fraction of sp³-hybridized carbons (Fsp3) is 0.304.